The number of fused-ring (bicyclic) bond motifs is 3. The number of hydrogen-bond acceptors (Lipinski definition) is 4. The summed E-state index contributed by atoms with van der Waals surface area (Å²) in [4.78, 5) is 13.0. The van der Waals surface area contributed by atoms with Crippen LogP contribution in [0.4, 0.5) is 14.9 Å². The van der Waals surface area contributed by atoms with Crippen LogP contribution in [0.5, 0.6) is 5.88 Å². The highest BCUT2D eigenvalue weighted by atomic mass is 32.2. The number of thiol groups is 1. The standard InChI is InChI=1S/C20H23FN4O3S/c1-11-6-7-14-16(11)18(13-5-2-4-12(13)17(14)21)23-20(26)24-29(27)15-10-22-25-8-3-9-28-19(15)25/h10-11,29H,2-9H2,1H3,(H,23,26)/t11-/m1/s1. The minimum atomic E-state index is -2.34. The maximum Gasteiger partial charge on any atom is 0.353 e. The zero-order chi connectivity index (χ0) is 20.1. The van der Waals surface area contributed by atoms with Crippen molar-refractivity contribution in [3.63, 3.8) is 0 Å². The van der Waals surface area contributed by atoms with Gasteiger partial charge in [0.25, 0.3) is 0 Å². The Hall–Kier alpha value is -2.42. The van der Waals surface area contributed by atoms with Crippen LogP contribution in [-0.2, 0) is 36.4 Å². The van der Waals surface area contributed by atoms with Gasteiger partial charge in [-0.1, -0.05) is 6.92 Å². The zero-order valence-corrected chi connectivity index (χ0v) is 17.1. The van der Waals surface area contributed by atoms with Crippen LogP contribution in [0.2, 0.25) is 0 Å². The molecule has 1 aliphatic heterocycles. The molecule has 5 rings (SSSR count). The highest BCUT2D eigenvalue weighted by Gasteiger charge is 2.33. The third-order valence-electron chi connectivity index (χ3n) is 6.11. The summed E-state index contributed by atoms with van der Waals surface area (Å²) in [5, 5.41) is 7.01. The summed E-state index contributed by atoms with van der Waals surface area (Å²) >= 11 is 0. The van der Waals surface area contributed by atoms with Crippen molar-refractivity contribution in [2.75, 3.05) is 11.9 Å². The second-order valence-corrected chi connectivity index (χ2v) is 9.12. The molecule has 2 amide bonds. The Morgan fingerprint density at radius 2 is 2.14 bits per heavy atom. The van der Waals surface area contributed by atoms with E-state index in [9.17, 15) is 13.4 Å². The molecule has 2 atom stereocenters. The number of carbonyl (C=O) groups excluding carboxylic acids is 1. The molecule has 1 N–H and O–H groups in total. The van der Waals surface area contributed by atoms with Crippen molar-refractivity contribution in [2.45, 2.75) is 62.8 Å². The molecule has 0 bridgehead atoms. The Kier molecular flexibility index (Phi) is 4.57. The van der Waals surface area contributed by atoms with Crippen molar-refractivity contribution in [3.8, 4) is 5.88 Å². The lowest BCUT2D eigenvalue weighted by molar-refractivity contribution is 0.225. The number of benzene rings is 1. The van der Waals surface area contributed by atoms with E-state index in [1.54, 1.807) is 4.68 Å². The summed E-state index contributed by atoms with van der Waals surface area (Å²) < 4.78 is 38.6. The van der Waals surface area contributed by atoms with Crippen LogP contribution in [0.1, 0.15) is 54.4 Å². The molecule has 1 unspecified atom stereocenters. The molecule has 9 heteroatoms. The fourth-order valence-corrected chi connectivity index (χ4v) is 5.58. The van der Waals surface area contributed by atoms with Crippen LogP contribution in [-0.4, -0.2) is 26.6 Å². The van der Waals surface area contributed by atoms with E-state index in [0.29, 0.717) is 42.5 Å². The molecule has 1 aromatic carbocycles. The average molecular weight is 418 g/mol. The van der Waals surface area contributed by atoms with Gasteiger partial charge in [-0.05, 0) is 60.3 Å². The number of aromatic nitrogens is 2. The summed E-state index contributed by atoms with van der Waals surface area (Å²) in [5.74, 6) is 0.498. The molecule has 0 spiro atoms. The van der Waals surface area contributed by atoms with Gasteiger partial charge in [0, 0.05) is 18.7 Å². The van der Waals surface area contributed by atoms with Crippen molar-refractivity contribution in [3.05, 3.63) is 34.3 Å². The molecule has 0 radical (unpaired) electrons. The maximum absolute atomic E-state index is 14.9. The third kappa shape index (κ3) is 3.02. The molecule has 0 fully saturated rings. The van der Waals surface area contributed by atoms with Gasteiger partial charge in [-0.2, -0.15) is 5.10 Å². The zero-order valence-electron chi connectivity index (χ0n) is 16.2. The van der Waals surface area contributed by atoms with Crippen LogP contribution in [0.25, 0.3) is 0 Å². The van der Waals surface area contributed by atoms with Gasteiger partial charge in [-0.25, -0.2) is 18.1 Å². The number of anilines is 1. The van der Waals surface area contributed by atoms with E-state index in [2.05, 4.69) is 21.7 Å². The summed E-state index contributed by atoms with van der Waals surface area (Å²) in [7, 11) is -2.34. The number of carbonyl (C=O) groups is 1. The Labute approximate surface area is 169 Å². The summed E-state index contributed by atoms with van der Waals surface area (Å²) in [5.41, 5.74) is 3.88. The van der Waals surface area contributed by atoms with Crippen LogP contribution >= 0.6 is 0 Å². The number of aryl methyl sites for hydroxylation is 1. The maximum atomic E-state index is 14.9. The molecule has 1 aromatic heterocycles. The fourth-order valence-electron chi connectivity index (χ4n) is 4.77. The van der Waals surface area contributed by atoms with E-state index in [1.165, 1.54) is 6.20 Å². The van der Waals surface area contributed by atoms with Crippen molar-refractivity contribution < 1.29 is 18.1 Å². The second kappa shape index (κ2) is 7.12. The summed E-state index contributed by atoms with van der Waals surface area (Å²) in [6.07, 6.45) is 6.13. The normalized spacial score (nSPS) is 20.7. The predicted molar refractivity (Wildman–Crippen MR) is 107 cm³/mol. The first kappa shape index (κ1) is 18.6. The first-order valence-electron chi connectivity index (χ1n) is 10.1. The Morgan fingerprint density at radius 1 is 1.31 bits per heavy atom. The lowest BCUT2D eigenvalue weighted by Gasteiger charge is -2.18. The number of amides is 2. The molecule has 3 aliphatic rings. The highest BCUT2D eigenvalue weighted by molar-refractivity contribution is 7.75. The van der Waals surface area contributed by atoms with Gasteiger partial charge in [0.1, 0.15) is 10.7 Å². The van der Waals surface area contributed by atoms with Crippen molar-refractivity contribution in [1.82, 2.24) is 9.78 Å². The smallest absolute Gasteiger partial charge is 0.353 e. The Balaban J connectivity index is 1.49. The van der Waals surface area contributed by atoms with Gasteiger partial charge >= 0.3 is 6.03 Å². The molecule has 2 aliphatic carbocycles. The second-order valence-electron chi connectivity index (χ2n) is 7.89. The van der Waals surface area contributed by atoms with E-state index in [4.69, 9.17) is 4.74 Å². The van der Waals surface area contributed by atoms with Gasteiger partial charge in [-0.15, -0.1) is 4.36 Å². The Bertz CT molecular complexity index is 1100. The van der Waals surface area contributed by atoms with Gasteiger partial charge < -0.3 is 10.1 Å². The number of nitrogens with one attached hydrogen (secondary N) is 1. The quantitative estimate of drug-likeness (QED) is 0.730. The minimum Gasteiger partial charge on any atom is -0.477 e. The third-order valence-corrected chi connectivity index (χ3v) is 7.19. The van der Waals surface area contributed by atoms with E-state index >= 15 is 0 Å². The van der Waals surface area contributed by atoms with Gasteiger partial charge in [0.15, 0.2) is 0 Å². The highest BCUT2D eigenvalue weighted by Crippen LogP contribution is 2.45. The van der Waals surface area contributed by atoms with Crippen LogP contribution < -0.4 is 10.1 Å². The minimum absolute atomic E-state index is 0.0958. The largest absolute Gasteiger partial charge is 0.477 e. The first-order chi connectivity index (χ1) is 14.0. The van der Waals surface area contributed by atoms with E-state index in [0.717, 1.165) is 47.9 Å². The number of urea groups is 1. The number of hydrogen-bond donors (Lipinski definition) is 2. The van der Waals surface area contributed by atoms with E-state index in [-0.39, 0.29) is 11.7 Å². The molecule has 0 saturated heterocycles. The SMILES string of the molecule is C[C@@H]1CCc2c(F)c3c(c(NC(=O)N=[SH](=O)c4cnn5c4OCCC5)c21)CCC3. The monoisotopic (exact) mass is 418 g/mol. The van der Waals surface area contributed by atoms with Crippen molar-refractivity contribution in [1.29, 1.82) is 0 Å². The van der Waals surface area contributed by atoms with Crippen molar-refractivity contribution >= 4 is 22.3 Å². The topological polar surface area (TPSA) is 85.6 Å². The van der Waals surface area contributed by atoms with Gasteiger partial charge in [0.05, 0.1) is 23.4 Å². The van der Waals surface area contributed by atoms with Crippen LogP contribution in [0.3, 0.4) is 0 Å². The van der Waals surface area contributed by atoms with E-state index in [1.807, 2.05) is 0 Å². The Morgan fingerprint density at radius 3 is 3.00 bits per heavy atom. The van der Waals surface area contributed by atoms with Crippen LogP contribution in [0.15, 0.2) is 15.5 Å². The molecule has 2 aromatic rings. The van der Waals surface area contributed by atoms with Gasteiger partial charge in [0.2, 0.25) is 5.88 Å². The molecular weight excluding hydrogens is 395 g/mol. The average Bonchev–Trinajstić information content (AvgIpc) is 3.43. The number of ether oxygens (including phenoxy) is 1. The molecule has 7 nitrogen and oxygen atoms in total. The molecule has 2 heterocycles. The first-order valence-corrected chi connectivity index (χ1v) is 11.3. The molecule has 0 saturated carbocycles. The van der Waals surface area contributed by atoms with Crippen molar-refractivity contribution in [2.24, 2.45) is 4.36 Å². The fraction of sp³-hybridized carbons (Fsp3) is 0.500. The number of nitrogens with zero attached hydrogens (tertiary/aromatic N) is 3. The lowest BCUT2D eigenvalue weighted by Crippen LogP contribution is -2.15. The molecule has 154 valence electrons. The lowest BCUT2D eigenvalue weighted by atomic mass is 9.94. The van der Waals surface area contributed by atoms with Crippen LogP contribution in [0, 0.1) is 5.82 Å². The number of halogens is 1. The number of rotatable bonds is 2. The predicted octanol–water partition coefficient (Wildman–Crippen LogP) is 3.60. The van der Waals surface area contributed by atoms with Gasteiger partial charge in [-0.3, -0.25) is 0 Å². The summed E-state index contributed by atoms with van der Waals surface area (Å²) in [6.45, 7) is 3.27. The van der Waals surface area contributed by atoms with E-state index < -0.39 is 16.6 Å². The summed E-state index contributed by atoms with van der Waals surface area (Å²) in [6, 6.07) is -0.677. The molecule has 29 heavy (non-hydrogen) atoms. The molecular formula is C20H23FN4O3S.